The predicted molar refractivity (Wildman–Crippen MR) is 92.3 cm³/mol. The van der Waals surface area contributed by atoms with Crippen LogP contribution >= 0.6 is 0 Å². The molecule has 1 aromatic carbocycles. The van der Waals surface area contributed by atoms with Gasteiger partial charge in [-0.1, -0.05) is 18.2 Å². The molecule has 1 fully saturated rings. The lowest BCUT2D eigenvalue weighted by Crippen LogP contribution is -2.31. The van der Waals surface area contributed by atoms with E-state index in [1.807, 2.05) is 0 Å². The number of piperidine rings is 1. The van der Waals surface area contributed by atoms with Gasteiger partial charge in [0.1, 0.15) is 11.7 Å². The molecule has 0 bridgehead atoms. The summed E-state index contributed by atoms with van der Waals surface area (Å²) >= 11 is 0. The number of para-hydroxylation sites is 1. The monoisotopic (exact) mass is 294 g/mol. The summed E-state index contributed by atoms with van der Waals surface area (Å²) < 4.78 is 0. The molecule has 22 heavy (non-hydrogen) atoms. The Balaban J connectivity index is 1.94. The molecule has 1 aromatic heterocycles. The summed E-state index contributed by atoms with van der Waals surface area (Å²) in [7, 11) is 4.28. The van der Waals surface area contributed by atoms with Crippen molar-refractivity contribution in [3.8, 4) is 0 Å². The van der Waals surface area contributed by atoms with Crippen LogP contribution in [-0.4, -0.2) is 42.9 Å². The van der Waals surface area contributed by atoms with Crippen molar-refractivity contribution in [1.29, 1.82) is 0 Å². The number of benzene rings is 1. The first kappa shape index (κ1) is 13.6. The number of aromatic nitrogens is 1. The van der Waals surface area contributed by atoms with Crippen LogP contribution in [0.3, 0.4) is 0 Å². The number of likely N-dealkylation sites (N-methyl/N-ethyl adjacent to an activating group) is 1. The highest BCUT2D eigenvalue weighted by atomic mass is 15.2. The lowest BCUT2D eigenvalue weighted by Gasteiger charge is -2.26. The van der Waals surface area contributed by atoms with Crippen LogP contribution in [-0.2, 0) is 6.42 Å². The summed E-state index contributed by atoms with van der Waals surface area (Å²) in [6.07, 6.45) is 4.64. The average Bonchev–Trinajstić information content (AvgIpc) is 2.90. The molecule has 114 valence electrons. The zero-order chi connectivity index (χ0) is 15.1. The molecule has 4 nitrogen and oxygen atoms in total. The molecule has 0 amide bonds. The van der Waals surface area contributed by atoms with Crippen LogP contribution in [0.1, 0.15) is 24.8 Å². The molecule has 4 heteroatoms. The summed E-state index contributed by atoms with van der Waals surface area (Å²) in [5.74, 6) is 2.33. The summed E-state index contributed by atoms with van der Waals surface area (Å²) in [5, 5.41) is 1.18. The maximum Gasteiger partial charge on any atom is 0.134 e. The third kappa shape index (κ3) is 2.14. The van der Waals surface area contributed by atoms with Crippen LogP contribution in [0.5, 0.6) is 0 Å². The quantitative estimate of drug-likeness (QED) is 0.808. The van der Waals surface area contributed by atoms with Gasteiger partial charge in [-0.3, -0.25) is 0 Å². The number of pyridine rings is 1. The Morgan fingerprint density at radius 3 is 2.73 bits per heavy atom. The van der Waals surface area contributed by atoms with Gasteiger partial charge in [0.2, 0.25) is 0 Å². The maximum atomic E-state index is 5.11. The second kappa shape index (κ2) is 5.27. The number of nitrogens with zero attached hydrogens (tertiary/aromatic N) is 4. The van der Waals surface area contributed by atoms with Crippen molar-refractivity contribution in [2.75, 3.05) is 32.1 Å². The van der Waals surface area contributed by atoms with Crippen LogP contribution in [0, 0.1) is 0 Å². The van der Waals surface area contributed by atoms with Gasteiger partial charge in [-0.25, -0.2) is 9.98 Å². The molecule has 0 saturated carbocycles. The van der Waals surface area contributed by atoms with E-state index in [4.69, 9.17) is 9.98 Å². The van der Waals surface area contributed by atoms with Gasteiger partial charge in [-0.05, 0) is 25.3 Å². The van der Waals surface area contributed by atoms with Gasteiger partial charge >= 0.3 is 0 Å². The Morgan fingerprint density at radius 1 is 1.00 bits per heavy atom. The molecule has 3 heterocycles. The van der Waals surface area contributed by atoms with E-state index in [1.165, 1.54) is 29.6 Å². The summed E-state index contributed by atoms with van der Waals surface area (Å²) in [6, 6.07) is 8.39. The minimum absolute atomic E-state index is 1.03. The smallest absolute Gasteiger partial charge is 0.134 e. The highest BCUT2D eigenvalue weighted by Crippen LogP contribution is 2.39. The Bertz CT molecular complexity index is 750. The molecule has 4 rings (SSSR count). The molecule has 0 radical (unpaired) electrons. The van der Waals surface area contributed by atoms with Crippen molar-refractivity contribution in [2.45, 2.75) is 25.7 Å². The maximum absolute atomic E-state index is 5.11. The minimum Gasteiger partial charge on any atom is -0.363 e. The standard InChI is InChI=1S/C18H22N4/c1-21-11-6-5-9-16(21)20-17-13-7-3-4-8-15(13)19-18-14(17)10-12-22(18)2/h3-4,7-8H,5-6,9-12H2,1-2H3. The molecule has 2 aromatic rings. The lowest BCUT2D eigenvalue weighted by molar-refractivity contribution is 0.434. The molecule has 0 N–H and O–H groups in total. The number of hydrogen-bond acceptors (Lipinski definition) is 3. The molecule has 0 unspecified atom stereocenters. The number of hydrogen-bond donors (Lipinski definition) is 0. The fraction of sp³-hybridized carbons (Fsp3) is 0.444. The summed E-state index contributed by atoms with van der Waals surface area (Å²) in [4.78, 5) is 14.5. The number of rotatable bonds is 1. The largest absolute Gasteiger partial charge is 0.363 e. The van der Waals surface area contributed by atoms with Crippen molar-refractivity contribution in [2.24, 2.45) is 4.99 Å². The minimum atomic E-state index is 1.03. The van der Waals surface area contributed by atoms with E-state index in [2.05, 4.69) is 48.2 Å². The van der Waals surface area contributed by atoms with Gasteiger partial charge in [0, 0.05) is 44.6 Å². The van der Waals surface area contributed by atoms with Gasteiger partial charge < -0.3 is 9.80 Å². The van der Waals surface area contributed by atoms with Crippen LogP contribution in [0.15, 0.2) is 29.3 Å². The molecule has 2 aliphatic heterocycles. The molecule has 0 aliphatic carbocycles. The first-order chi connectivity index (χ1) is 10.7. The topological polar surface area (TPSA) is 31.7 Å². The highest BCUT2D eigenvalue weighted by molar-refractivity contribution is 5.98. The molecular formula is C18H22N4. The van der Waals surface area contributed by atoms with Crippen molar-refractivity contribution in [1.82, 2.24) is 9.88 Å². The van der Waals surface area contributed by atoms with Gasteiger partial charge in [0.05, 0.1) is 11.2 Å². The average molecular weight is 294 g/mol. The van der Waals surface area contributed by atoms with Gasteiger partial charge in [-0.15, -0.1) is 0 Å². The number of fused-ring (bicyclic) bond motifs is 2. The van der Waals surface area contributed by atoms with Crippen molar-refractivity contribution in [3.05, 3.63) is 29.8 Å². The molecule has 1 saturated heterocycles. The molecule has 2 aliphatic rings. The van der Waals surface area contributed by atoms with Crippen molar-refractivity contribution in [3.63, 3.8) is 0 Å². The van der Waals surface area contributed by atoms with E-state index in [0.717, 1.165) is 43.0 Å². The van der Waals surface area contributed by atoms with E-state index in [0.29, 0.717) is 0 Å². The van der Waals surface area contributed by atoms with Crippen LogP contribution in [0.4, 0.5) is 11.5 Å². The number of anilines is 1. The fourth-order valence-corrected chi connectivity index (χ4v) is 3.50. The van der Waals surface area contributed by atoms with E-state index in [-0.39, 0.29) is 0 Å². The predicted octanol–water partition coefficient (Wildman–Crippen LogP) is 3.37. The van der Waals surface area contributed by atoms with Gasteiger partial charge in [-0.2, -0.15) is 0 Å². The van der Waals surface area contributed by atoms with Crippen LogP contribution in [0.2, 0.25) is 0 Å². The lowest BCUT2D eigenvalue weighted by atomic mass is 10.1. The second-order valence-electron chi connectivity index (χ2n) is 6.36. The van der Waals surface area contributed by atoms with E-state index in [9.17, 15) is 0 Å². The first-order valence-corrected chi connectivity index (χ1v) is 8.15. The van der Waals surface area contributed by atoms with Gasteiger partial charge in [0.25, 0.3) is 0 Å². The highest BCUT2D eigenvalue weighted by Gasteiger charge is 2.24. The van der Waals surface area contributed by atoms with Crippen LogP contribution < -0.4 is 4.90 Å². The number of amidine groups is 1. The zero-order valence-corrected chi connectivity index (χ0v) is 13.3. The summed E-state index contributed by atoms with van der Waals surface area (Å²) in [6.45, 7) is 2.15. The molecule has 0 spiro atoms. The normalized spacial score (nSPS) is 20.0. The second-order valence-corrected chi connectivity index (χ2v) is 6.36. The zero-order valence-electron chi connectivity index (χ0n) is 13.3. The van der Waals surface area contributed by atoms with Crippen molar-refractivity contribution < 1.29 is 0 Å². The third-order valence-corrected chi connectivity index (χ3v) is 4.83. The van der Waals surface area contributed by atoms with Crippen LogP contribution in [0.25, 0.3) is 10.9 Å². The molecule has 0 atom stereocenters. The molecular weight excluding hydrogens is 272 g/mol. The van der Waals surface area contributed by atoms with Crippen molar-refractivity contribution >= 4 is 28.2 Å². The Kier molecular flexibility index (Phi) is 3.25. The fourth-order valence-electron chi connectivity index (χ4n) is 3.50. The van der Waals surface area contributed by atoms with Gasteiger partial charge in [0.15, 0.2) is 0 Å². The van der Waals surface area contributed by atoms with E-state index >= 15 is 0 Å². The summed E-state index contributed by atoms with van der Waals surface area (Å²) in [5.41, 5.74) is 3.51. The van der Waals surface area contributed by atoms with E-state index in [1.54, 1.807) is 0 Å². The number of aliphatic imine (C=N–C) groups is 1. The number of likely N-dealkylation sites (tertiary alicyclic amines) is 1. The Hall–Kier alpha value is -2.10. The SMILES string of the molecule is CN1CCCCC1=Nc1c2c(nc3ccccc13)N(C)CC2. The Morgan fingerprint density at radius 2 is 1.86 bits per heavy atom. The van der Waals surface area contributed by atoms with E-state index < -0.39 is 0 Å². The third-order valence-electron chi connectivity index (χ3n) is 4.83. The first-order valence-electron chi connectivity index (χ1n) is 8.15. The Labute approximate surface area is 131 Å².